The van der Waals surface area contributed by atoms with Gasteiger partial charge in [0.15, 0.2) is 0 Å². The monoisotopic (exact) mass is 464 g/mol. The standard InChI is InChI=1S/C25H21ClN2O5/c1-2-11-33-18-7-3-5-15(12-18)23(30)21-22(16-6-4-10-27-14-16)28(25(32)24(21)31)19-13-17(26)8-9-20(19)29/h3-10,12-14,22,29-30H,2,11H2,1H3/b23-21+. The van der Waals surface area contributed by atoms with Gasteiger partial charge in [-0.2, -0.15) is 0 Å². The first-order chi connectivity index (χ1) is 15.9. The lowest BCUT2D eigenvalue weighted by molar-refractivity contribution is -0.132. The summed E-state index contributed by atoms with van der Waals surface area (Å²) in [6.07, 6.45) is 3.87. The predicted octanol–water partition coefficient (Wildman–Crippen LogP) is 4.86. The molecule has 0 spiro atoms. The molecule has 1 unspecified atom stereocenters. The summed E-state index contributed by atoms with van der Waals surface area (Å²) >= 11 is 6.11. The van der Waals surface area contributed by atoms with E-state index in [1.165, 1.54) is 24.4 Å². The number of nitrogens with zero attached hydrogens (tertiary/aromatic N) is 2. The van der Waals surface area contributed by atoms with Gasteiger partial charge in [0.25, 0.3) is 11.7 Å². The number of benzene rings is 2. The summed E-state index contributed by atoms with van der Waals surface area (Å²) < 4.78 is 5.63. The number of carbonyl (C=O) groups is 2. The molecule has 0 bridgehead atoms. The van der Waals surface area contributed by atoms with Crippen molar-refractivity contribution in [2.45, 2.75) is 19.4 Å². The number of carbonyl (C=O) groups excluding carboxylic acids is 2. The number of hydrogen-bond acceptors (Lipinski definition) is 6. The van der Waals surface area contributed by atoms with Crippen LogP contribution in [0.2, 0.25) is 5.02 Å². The van der Waals surface area contributed by atoms with Crippen LogP contribution in [0.15, 0.2) is 72.6 Å². The lowest BCUT2D eigenvalue weighted by Gasteiger charge is -2.26. The highest BCUT2D eigenvalue weighted by molar-refractivity contribution is 6.52. The number of aromatic nitrogens is 1. The fourth-order valence-electron chi connectivity index (χ4n) is 3.73. The smallest absolute Gasteiger partial charge is 0.300 e. The molecule has 1 atom stereocenters. The van der Waals surface area contributed by atoms with Crippen molar-refractivity contribution < 1.29 is 24.5 Å². The first-order valence-corrected chi connectivity index (χ1v) is 10.7. The highest BCUT2D eigenvalue weighted by Gasteiger charge is 2.47. The number of halogens is 1. The largest absolute Gasteiger partial charge is 0.507 e. The third-order valence-corrected chi connectivity index (χ3v) is 5.46. The fraction of sp³-hybridized carbons (Fsp3) is 0.160. The van der Waals surface area contributed by atoms with Crippen molar-refractivity contribution in [1.29, 1.82) is 0 Å². The average Bonchev–Trinajstić information content (AvgIpc) is 3.10. The van der Waals surface area contributed by atoms with Crippen molar-refractivity contribution in [3.63, 3.8) is 0 Å². The van der Waals surface area contributed by atoms with E-state index in [1.54, 1.807) is 42.6 Å². The van der Waals surface area contributed by atoms with Gasteiger partial charge in [-0.15, -0.1) is 0 Å². The van der Waals surface area contributed by atoms with Gasteiger partial charge < -0.3 is 14.9 Å². The first-order valence-electron chi connectivity index (χ1n) is 10.3. The van der Waals surface area contributed by atoms with Crippen molar-refractivity contribution in [3.8, 4) is 11.5 Å². The molecule has 0 saturated carbocycles. The van der Waals surface area contributed by atoms with E-state index in [1.807, 2.05) is 6.92 Å². The minimum Gasteiger partial charge on any atom is -0.507 e. The molecule has 1 aromatic heterocycles. The minimum atomic E-state index is -1.02. The molecule has 2 N–H and O–H groups in total. The van der Waals surface area contributed by atoms with E-state index in [-0.39, 0.29) is 27.8 Å². The second-order valence-electron chi connectivity index (χ2n) is 7.46. The number of rotatable bonds is 6. The van der Waals surface area contributed by atoms with E-state index >= 15 is 0 Å². The zero-order valence-corrected chi connectivity index (χ0v) is 18.5. The van der Waals surface area contributed by atoms with Crippen LogP contribution in [-0.4, -0.2) is 33.5 Å². The molecular weight excluding hydrogens is 444 g/mol. The van der Waals surface area contributed by atoms with Gasteiger partial charge in [-0.3, -0.25) is 19.5 Å². The quantitative estimate of drug-likeness (QED) is 0.307. The Morgan fingerprint density at radius 1 is 1.15 bits per heavy atom. The number of phenols is 1. The van der Waals surface area contributed by atoms with Crippen molar-refractivity contribution in [1.82, 2.24) is 4.98 Å². The van der Waals surface area contributed by atoms with Crippen molar-refractivity contribution in [2.75, 3.05) is 11.5 Å². The van der Waals surface area contributed by atoms with E-state index < -0.39 is 17.7 Å². The van der Waals surface area contributed by atoms with Gasteiger partial charge in [-0.25, -0.2) is 0 Å². The van der Waals surface area contributed by atoms with Gasteiger partial charge in [0.2, 0.25) is 0 Å². The fourth-order valence-corrected chi connectivity index (χ4v) is 3.90. The van der Waals surface area contributed by atoms with Gasteiger partial charge in [0, 0.05) is 23.0 Å². The molecule has 8 heteroatoms. The van der Waals surface area contributed by atoms with Crippen molar-refractivity contribution in [2.24, 2.45) is 0 Å². The van der Waals surface area contributed by atoms with Crippen LogP contribution < -0.4 is 9.64 Å². The summed E-state index contributed by atoms with van der Waals surface area (Å²) in [5, 5.41) is 21.9. The summed E-state index contributed by atoms with van der Waals surface area (Å²) in [6.45, 7) is 2.47. The second kappa shape index (κ2) is 9.34. The maximum Gasteiger partial charge on any atom is 0.300 e. The van der Waals surface area contributed by atoms with Crippen molar-refractivity contribution in [3.05, 3.63) is 88.7 Å². The molecule has 1 aliphatic rings. The van der Waals surface area contributed by atoms with Crippen LogP contribution in [0.4, 0.5) is 5.69 Å². The molecule has 33 heavy (non-hydrogen) atoms. The second-order valence-corrected chi connectivity index (χ2v) is 7.90. The Kier molecular flexibility index (Phi) is 6.33. The summed E-state index contributed by atoms with van der Waals surface area (Å²) in [4.78, 5) is 31.5. The lowest BCUT2D eigenvalue weighted by Crippen LogP contribution is -2.29. The molecule has 7 nitrogen and oxygen atoms in total. The number of amides is 1. The van der Waals surface area contributed by atoms with Gasteiger partial charge in [-0.05, 0) is 48.4 Å². The Hall–Kier alpha value is -3.84. The van der Waals surface area contributed by atoms with Crippen LogP contribution in [0, 0.1) is 0 Å². The molecule has 0 aliphatic carbocycles. The van der Waals surface area contributed by atoms with E-state index in [0.29, 0.717) is 23.5 Å². The SMILES string of the molecule is CCCOc1cccc(/C(O)=C2\C(=O)C(=O)N(c3cc(Cl)ccc3O)C2c2cccnc2)c1. The maximum atomic E-state index is 13.2. The highest BCUT2D eigenvalue weighted by atomic mass is 35.5. The Bertz CT molecular complexity index is 1240. The van der Waals surface area contributed by atoms with Gasteiger partial charge in [0.05, 0.1) is 23.9 Å². The van der Waals surface area contributed by atoms with Crippen LogP contribution in [0.5, 0.6) is 11.5 Å². The van der Waals surface area contributed by atoms with Crippen LogP contribution in [0.1, 0.15) is 30.5 Å². The Balaban J connectivity index is 1.91. The Labute approximate surface area is 195 Å². The highest BCUT2D eigenvalue weighted by Crippen LogP contribution is 2.45. The molecule has 1 aliphatic heterocycles. The number of aliphatic hydroxyl groups is 1. The molecule has 2 heterocycles. The minimum absolute atomic E-state index is 0.0533. The van der Waals surface area contributed by atoms with Crippen LogP contribution >= 0.6 is 11.6 Å². The van der Waals surface area contributed by atoms with Crippen LogP contribution in [0.25, 0.3) is 5.76 Å². The van der Waals surface area contributed by atoms with Gasteiger partial charge in [-0.1, -0.05) is 36.7 Å². The lowest BCUT2D eigenvalue weighted by atomic mass is 9.96. The van der Waals surface area contributed by atoms with E-state index in [2.05, 4.69) is 4.98 Å². The summed E-state index contributed by atoms with van der Waals surface area (Å²) in [6, 6.07) is 13.2. The summed E-state index contributed by atoms with van der Waals surface area (Å²) in [5.41, 5.74) is 0.736. The number of ether oxygens (including phenoxy) is 1. The van der Waals surface area contributed by atoms with E-state index in [4.69, 9.17) is 16.3 Å². The normalized spacial score (nSPS) is 17.4. The Morgan fingerprint density at radius 3 is 2.70 bits per heavy atom. The predicted molar refractivity (Wildman–Crippen MR) is 124 cm³/mol. The summed E-state index contributed by atoms with van der Waals surface area (Å²) in [5.74, 6) is -1.85. The number of aromatic hydroxyl groups is 1. The molecule has 0 radical (unpaired) electrons. The number of ketones is 1. The zero-order chi connectivity index (χ0) is 23.5. The molecule has 1 fully saturated rings. The van der Waals surface area contributed by atoms with E-state index in [9.17, 15) is 19.8 Å². The molecule has 4 rings (SSSR count). The third-order valence-electron chi connectivity index (χ3n) is 5.22. The topological polar surface area (TPSA) is 100.0 Å². The molecule has 1 amide bonds. The number of anilines is 1. The maximum absolute atomic E-state index is 13.2. The number of Topliss-reactive ketones (excluding diaryl/α,β-unsaturated/α-hetero) is 1. The third kappa shape index (κ3) is 4.27. The first kappa shape index (κ1) is 22.4. The number of phenolic OH excluding ortho intramolecular Hbond substituents is 1. The molecule has 2 aromatic carbocycles. The van der Waals surface area contributed by atoms with Gasteiger partial charge in [0.1, 0.15) is 17.3 Å². The van der Waals surface area contributed by atoms with Crippen LogP contribution in [0.3, 0.4) is 0 Å². The number of aliphatic hydroxyl groups excluding tert-OH is 1. The van der Waals surface area contributed by atoms with Gasteiger partial charge >= 0.3 is 0 Å². The molecule has 168 valence electrons. The average molecular weight is 465 g/mol. The number of hydrogen-bond donors (Lipinski definition) is 2. The van der Waals surface area contributed by atoms with E-state index in [0.717, 1.165) is 11.3 Å². The molecular formula is C25H21ClN2O5. The van der Waals surface area contributed by atoms with Crippen molar-refractivity contribution >= 4 is 34.7 Å². The summed E-state index contributed by atoms with van der Waals surface area (Å²) in [7, 11) is 0. The Morgan fingerprint density at radius 2 is 1.97 bits per heavy atom. The zero-order valence-electron chi connectivity index (χ0n) is 17.7. The number of pyridine rings is 1. The van der Waals surface area contributed by atoms with Crippen LogP contribution in [-0.2, 0) is 9.59 Å². The molecule has 3 aromatic rings. The molecule has 1 saturated heterocycles.